The van der Waals surface area contributed by atoms with E-state index in [0.717, 1.165) is 5.56 Å². The molecule has 0 spiro atoms. The van der Waals surface area contributed by atoms with E-state index in [1.54, 1.807) is 0 Å². The molecule has 66 valence electrons. The van der Waals surface area contributed by atoms with Crippen molar-refractivity contribution >= 4 is 0 Å². The van der Waals surface area contributed by atoms with Crippen molar-refractivity contribution in [3.63, 3.8) is 0 Å². The maximum absolute atomic E-state index is 5.39. The molecule has 1 aromatic carbocycles. The molecular weight excluding hydrogens is 164 g/mol. The second-order valence-corrected chi connectivity index (χ2v) is 2.76. The largest absolute Gasteiger partial charge is 0.337 e. The Kier molecular flexibility index (Phi) is 2.61. The molecule has 2 rings (SSSR count). The van der Waals surface area contributed by atoms with Crippen molar-refractivity contribution in [2.24, 2.45) is 0 Å². The summed E-state index contributed by atoms with van der Waals surface area (Å²) in [5.41, 5.74) is 1.14. The van der Waals surface area contributed by atoms with E-state index in [-0.39, 0.29) is 6.29 Å². The summed E-state index contributed by atoms with van der Waals surface area (Å²) in [5, 5.41) is 0. The summed E-state index contributed by atoms with van der Waals surface area (Å²) in [5.74, 6) is 5.64. The van der Waals surface area contributed by atoms with Crippen LogP contribution in [0.1, 0.15) is 5.56 Å². The third-order valence-corrected chi connectivity index (χ3v) is 1.77. The SMILES string of the molecule is C1#CC(OCc2ccccc2)OC1. The summed E-state index contributed by atoms with van der Waals surface area (Å²) >= 11 is 0. The van der Waals surface area contributed by atoms with Gasteiger partial charge < -0.3 is 9.47 Å². The third-order valence-electron chi connectivity index (χ3n) is 1.77. The molecule has 0 bridgehead atoms. The second-order valence-electron chi connectivity index (χ2n) is 2.76. The lowest BCUT2D eigenvalue weighted by atomic mass is 10.2. The van der Waals surface area contributed by atoms with Crippen molar-refractivity contribution in [2.45, 2.75) is 12.9 Å². The highest BCUT2D eigenvalue weighted by Crippen LogP contribution is 2.05. The van der Waals surface area contributed by atoms with Crippen LogP contribution in [0.25, 0.3) is 0 Å². The smallest absolute Gasteiger partial charge is 0.223 e. The van der Waals surface area contributed by atoms with Gasteiger partial charge in [-0.2, -0.15) is 0 Å². The van der Waals surface area contributed by atoms with Gasteiger partial charge in [0.1, 0.15) is 6.61 Å². The molecular formula is C11H10O2. The molecule has 0 amide bonds. The average molecular weight is 174 g/mol. The van der Waals surface area contributed by atoms with Gasteiger partial charge in [-0.15, -0.1) is 0 Å². The highest BCUT2D eigenvalue weighted by Gasteiger charge is 2.08. The van der Waals surface area contributed by atoms with Crippen LogP contribution in [0.2, 0.25) is 0 Å². The first-order valence-corrected chi connectivity index (χ1v) is 4.21. The topological polar surface area (TPSA) is 18.5 Å². The Morgan fingerprint density at radius 1 is 1.38 bits per heavy atom. The minimum Gasteiger partial charge on any atom is -0.337 e. The summed E-state index contributed by atoms with van der Waals surface area (Å²) in [7, 11) is 0. The molecule has 0 radical (unpaired) electrons. The molecule has 0 saturated carbocycles. The molecule has 1 aliphatic rings. The van der Waals surface area contributed by atoms with Gasteiger partial charge in [0.05, 0.1) is 6.61 Å². The fraction of sp³-hybridized carbons (Fsp3) is 0.273. The molecule has 1 atom stereocenters. The fourth-order valence-corrected chi connectivity index (χ4v) is 1.12. The quantitative estimate of drug-likeness (QED) is 0.647. The summed E-state index contributed by atoms with van der Waals surface area (Å²) in [4.78, 5) is 0. The molecule has 0 aliphatic carbocycles. The minimum atomic E-state index is -0.333. The van der Waals surface area contributed by atoms with E-state index in [1.165, 1.54) is 0 Å². The Labute approximate surface area is 77.5 Å². The summed E-state index contributed by atoms with van der Waals surface area (Å²) in [6.07, 6.45) is -0.333. The Balaban J connectivity index is 1.84. The first-order chi connectivity index (χ1) is 6.45. The third kappa shape index (κ3) is 2.32. The zero-order valence-corrected chi connectivity index (χ0v) is 7.19. The van der Waals surface area contributed by atoms with Gasteiger partial charge in [-0.05, 0) is 11.5 Å². The van der Waals surface area contributed by atoms with Crippen molar-refractivity contribution in [3.05, 3.63) is 35.9 Å². The summed E-state index contributed by atoms with van der Waals surface area (Å²) in [6, 6.07) is 9.99. The van der Waals surface area contributed by atoms with Gasteiger partial charge in [-0.25, -0.2) is 0 Å². The van der Waals surface area contributed by atoms with Crippen molar-refractivity contribution in [1.29, 1.82) is 0 Å². The zero-order valence-electron chi connectivity index (χ0n) is 7.19. The van der Waals surface area contributed by atoms with Crippen LogP contribution >= 0.6 is 0 Å². The Hall–Kier alpha value is -1.30. The van der Waals surface area contributed by atoms with Crippen LogP contribution in [-0.2, 0) is 16.1 Å². The number of ether oxygens (including phenoxy) is 2. The van der Waals surface area contributed by atoms with Gasteiger partial charge in [0.25, 0.3) is 0 Å². The van der Waals surface area contributed by atoms with Crippen molar-refractivity contribution in [1.82, 2.24) is 0 Å². The highest BCUT2D eigenvalue weighted by molar-refractivity contribution is 5.14. The van der Waals surface area contributed by atoms with Gasteiger partial charge in [-0.3, -0.25) is 0 Å². The van der Waals surface area contributed by atoms with E-state index in [4.69, 9.17) is 9.47 Å². The molecule has 0 aromatic heterocycles. The van der Waals surface area contributed by atoms with E-state index in [0.29, 0.717) is 13.2 Å². The first-order valence-electron chi connectivity index (χ1n) is 4.21. The summed E-state index contributed by atoms with van der Waals surface area (Å²) < 4.78 is 10.5. The maximum atomic E-state index is 5.39. The molecule has 2 heteroatoms. The molecule has 2 nitrogen and oxygen atoms in total. The molecule has 1 unspecified atom stereocenters. The predicted octanol–water partition coefficient (Wildman–Crippen LogP) is 1.56. The molecule has 0 N–H and O–H groups in total. The van der Waals surface area contributed by atoms with Crippen LogP contribution in [0.3, 0.4) is 0 Å². The molecule has 1 aromatic rings. The van der Waals surface area contributed by atoms with Crippen LogP contribution in [0.5, 0.6) is 0 Å². The number of benzene rings is 1. The lowest BCUT2D eigenvalue weighted by molar-refractivity contribution is -0.0954. The molecule has 1 aliphatic heterocycles. The molecule has 1 heterocycles. The maximum Gasteiger partial charge on any atom is 0.223 e. The average Bonchev–Trinajstić information content (AvgIpc) is 2.69. The van der Waals surface area contributed by atoms with Crippen LogP contribution in [0, 0.1) is 11.8 Å². The Morgan fingerprint density at radius 2 is 2.23 bits per heavy atom. The van der Waals surface area contributed by atoms with Crippen LogP contribution in [-0.4, -0.2) is 12.9 Å². The molecule has 0 fully saturated rings. The van der Waals surface area contributed by atoms with Crippen molar-refractivity contribution in [3.8, 4) is 11.8 Å². The minimum absolute atomic E-state index is 0.333. The lowest BCUT2D eigenvalue weighted by Crippen LogP contribution is -2.10. The standard InChI is InChI=1S/C11H10O2/c1-2-5-10(6-3-1)9-13-11-7-4-8-12-11/h1-3,5-6,11H,8-9H2. The fourth-order valence-electron chi connectivity index (χ4n) is 1.12. The summed E-state index contributed by atoms with van der Waals surface area (Å²) in [6.45, 7) is 1.04. The van der Waals surface area contributed by atoms with E-state index in [9.17, 15) is 0 Å². The normalized spacial score (nSPS) is 19.5. The zero-order chi connectivity index (χ0) is 8.93. The van der Waals surface area contributed by atoms with Crippen LogP contribution < -0.4 is 0 Å². The number of hydrogen-bond acceptors (Lipinski definition) is 2. The lowest BCUT2D eigenvalue weighted by Gasteiger charge is -2.07. The number of rotatable bonds is 3. The van der Waals surface area contributed by atoms with Gasteiger partial charge in [0, 0.05) is 0 Å². The monoisotopic (exact) mass is 174 g/mol. The van der Waals surface area contributed by atoms with Crippen LogP contribution in [0.4, 0.5) is 0 Å². The number of hydrogen-bond donors (Lipinski definition) is 0. The van der Waals surface area contributed by atoms with Gasteiger partial charge >= 0.3 is 0 Å². The highest BCUT2D eigenvalue weighted by atomic mass is 16.7. The van der Waals surface area contributed by atoms with Crippen molar-refractivity contribution in [2.75, 3.05) is 6.61 Å². The molecule has 13 heavy (non-hydrogen) atoms. The predicted molar refractivity (Wildman–Crippen MR) is 48.7 cm³/mol. The van der Waals surface area contributed by atoms with E-state index in [1.807, 2.05) is 30.3 Å². The van der Waals surface area contributed by atoms with Gasteiger partial charge in [0.2, 0.25) is 6.29 Å². The first kappa shape index (κ1) is 8.31. The second kappa shape index (κ2) is 4.08. The van der Waals surface area contributed by atoms with Crippen molar-refractivity contribution < 1.29 is 9.47 Å². The Bertz CT molecular complexity index is 321. The van der Waals surface area contributed by atoms with Crippen LogP contribution in [0.15, 0.2) is 30.3 Å². The molecule has 0 saturated heterocycles. The van der Waals surface area contributed by atoms with E-state index in [2.05, 4.69) is 11.8 Å². The Morgan fingerprint density at radius 3 is 2.92 bits per heavy atom. The van der Waals surface area contributed by atoms with E-state index < -0.39 is 0 Å². The van der Waals surface area contributed by atoms with E-state index >= 15 is 0 Å². The van der Waals surface area contributed by atoms with Gasteiger partial charge in [0.15, 0.2) is 0 Å². The van der Waals surface area contributed by atoms with Gasteiger partial charge in [-0.1, -0.05) is 36.3 Å².